The van der Waals surface area contributed by atoms with E-state index in [4.69, 9.17) is 11.6 Å². The Balaban J connectivity index is 2.08. The van der Waals surface area contributed by atoms with E-state index < -0.39 is 5.54 Å². The number of halogens is 2. The average Bonchev–Trinajstić information content (AvgIpc) is 2.41. The fraction of sp³-hybridized carbons (Fsp3) is 0.235. The van der Waals surface area contributed by atoms with Crippen LogP contribution in [0.2, 0.25) is 5.02 Å². The maximum Gasteiger partial charge on any atom is 0.225 e. The molecule has 2 aromatic carbocycles. The van der Waals surface area contributed by atoms with Crippen LogP contribution in [0.25, 0.3) is 0 Å². The monoisotopic (exact) mass is 365 g/mol. The Hall–Kier alpha value is -1.32. The van der Waals surface area contributed by atoms with Gasteiger partial charge in [0.05, 0.1) is 12.0 Å². The third kappa shape index (κ3) is 4.32. The molecule has 0 aliphatic carbocycles. The highest BCUT2D eigenvalue weighted by Gasteiger charge is 2.23. The zero-order chi connectivity index (χ0) is 15.5. The molecule has 0 atom stereocenters. The van der Waals surface area contributed by atoms with Crippen molar-refractivity contribution in [1.82, 2.24) is 5.32 Å². The predicted octanol–water partition coefficient (Wildman–Crippen LogP) is 4.70. The Labute approximate surface area is 138 Å². The lowest BCUT2D eigenvalue weighted by molar-refractivity contribution is -0.122. The van der Waals surface area contributed by atoms with Gasteiger partial charge in [-0.05, 0) is 43.2 Å². The summed E-state index contributed by atoms with van der Waals surface area (Å²) in [5.41, 5.74) is 1.55. The average molecular weight is 367 g/mol. The first kappa shape index (κ1) is 16.1. The van der Waals surface area contributed by atoms with Gasteiger partial charge < -0.3 is 5.32 Å². The maximum absolute atomic E-state index is 12.3. The van der Waals surface area contributed by atoms with Crippen molar-refractivity contribution in [1.29, 1.82) is 0 Å². The highest BCUT2D eigenvalue weighted by molar-refractivity contribution is 9.10. The van der Waals surface area contributed by atoms with Crippen LogP contribution in [0, 0.1) is 0 Å². The van der Waals surface area contributed by atoms with Gasteiger partial charge in [-0.3, -0.25) is 4.79 Å². The molecule has 0 fully saturated rings. The largest absolute Gasteiger partial charge is 0.347 e. The molecule has 0 heterocycles. The lowest BCUT2D eigenvalue weighted by Crippen LogP contribution is -2.41. The third-order valence-electron chi connectivity index (χ3n) is 3.33. The van der Waals surface area contributed by atoms with Gasteiger partial charge in [0.15, 0.2) is 0 Å². The summed E-state index contributed by atoms with van der Waals surface area (Å²) < 4.78 is 0.949. The highest BCUT2D eigenvalue weighted by atomic mass is 79.9. The van der Waals surface area contributed by atoms with E-state index in [-0.39, 0.29) is 5.91 Å². The first-order chi connectivity index (χ1) is 9.88. The van der Waals surface area contributed by atoms with Gasteiger partial charge in [0.1, 0.15) is 0 Å². The predicted molar refractivity (Wildman–Crippen MR) is 90.5 cm³/mol. The van der Waals surface area contributed by atoms with E-state index in [1.54, 1.807) is 0 Å². The zero-order valence-corrected chi connectivity index (χ0v) is 14.3. The molecule has 2 rings (SSSR count). The number of rotatable bonds is 4. The molecule has 2 nitrogen and oxygen atoms in total. The normalized spacial score (nSPS) is 11.2. The number of carbonyl (C=O) groups excluding carboxylic acids is 1. The molecule has 0 saturated heterocycles. The van der Waals surface area contributed by atoms with Crippen molar-refractivity contribution in [2.24, 2.45) is 0 Å². The van der Waals surface area contributed by atoms with E-state index in [0.717, 1.165) is 15.6 Å². The first-order valence-corrected chi connectivity index (χ1v) is 7.86. The second-order valence-electron chi connectivity index (χ2n) is 5.45. The minimum atomic E-state index is -0.442. The Kier molecular flexibility index (Phi) is 5.07. The fourth-order valence-electron chi connectivity index (χ4n) is 2.15. The smallest absolute Gasteiger partial charge is 0.225 e. The van der Waals surface area contributed by atoms with Crippen molar-refractivity contribution < 1.29 is 4.79 Å². The molecule has 0 aliphatic rings. The molecule has 2 aromatic rings. The summed E-state index contributed by atoms with van der Waals surface area (Å²) in [6.45, 7) is 3.96. The van der Waals surface area contributed by atoms with Crippen LogP contribution in [0.3, 0.4) is 0 Å². The van der Waals surface area contributed by atoms with Gasteiger partial charge in [0.25, 0.3) is 0 Å². The molecule has 0 aliphatic heterocycles. The molecule has 1 N–H and O–H groups in total. The highest BCUT2D eigenvalue weighted by Crippen LogP contribution is 2.23. The van der Waals surface area contributed by atoms with Gasteiger partial charge in [-0.15, -0.1) is 0 Å². The molecule has 0 radical (unpaired) electrons. The van der Waals surface area contributed by atoms with Crippen molar-refractivity contribution in [2.75, 3.05) is 0 Å². The van der Waals surface area contributed by atoms with Crippen molar-refractivity contribution >= 4 is 33.4 Å². The van der Waals surface area contributed by atoms with Crippen molar-refractivity contribution in [3.05, 3.63) is 69.2 Å². The molecule has 0 aromatic heterocycles. The van der Waals surface area contributed by atoms with Gasteiger partial charge in [-0.2, -0.15) is 0 Å². The number of hydrogen-bond donors (Lipinski definition) is 1. The Morgan fingerprint density at radius 3 is 2.38 bits per heavy atom. The van der Waals surface area contributed by atoms with Gasteiger partial charge in [-0.1, -0.05) is 57.9 Å². The molecular weight excluding hydrogens is 350 g/mol. The zero-order valence-electron chi connectivity index (χ0n) is 12.0. The minimum absolute atomic E-state index is 0.0122. The number of hydrogen-bond acceptors (Lipinski definition) is 1. The van der Waals surface area contributed by atoms with Gasteiger partial charge in [-0.25, -0.2) is 0 Å². The molecule has 4 heteroatoms. The number of nitrogens with one attached hydrogen (secondary N) is 1. The maximum atomic E-state index is 12.3. The molecule has 0 unspecified atom stereocenters. The molecule has 110 valence electrons. The molecule has 0 bridgehead atoms. The lowest BCUT2D eigenvalue weighted by atomic mass is 9.94. The van der Waals surface area contributed by atoms with E-state index in [0.29, 0.717) is 11.4 Å². The number of benzene rings is 2. The Morgan fingerprint density at radius 1 is 1.14 bits per heavy atom. The van der Waals surface area contributed by atoms with E-state index in [1.165, 1.54) is 0 Å². The summed E-state index contributed by atoms with van der Waals surface area (Å²) in [4.78, 5) is 12.3. The van der Waals surface area contributed by atoms with Crippen LogP contribution >= 0.6 is 27.5 Å². The molecule has 0 spiro atoms. The van der Waals surface area contributed by atoms with Crippen molar-refractivity contribution in [3.63, 3.8) is 0 Å². The SMILES string of the molecule is CC(C)(NC(=O)Cc1ccccc1Br)c1ccc(Cl)cc1. The quantitative estimate of drug-likeness (QED) is 0.835. The van der Waals surface area contributed by atoms with Crippen LogP contribution in [0.4, 0.5) is 0 Å². The summed E-state index contributed by atoms with van der Waals surface area (Å²) in [5, 5.41) is 3.75. The van der Waals surface area contributed by atoms with Crippen molar-refractivity contribution in [2.45, 2.75) is 25.8 Å². The summed E-state index contributed by atoms with van der Waals surface area (Å²) in [6, 6.07) is 15.3. The van der Waals surface area contributed by atoms with Crippen molar-refractivity contribution in [3.8, 4) is 0 Å². The summed E-state index contributed by atoms with van der Waals surface area (Å²) >= 11 is 9.36. The van der Waals surface area contributed by atoms with E-state index in [2.05, 4.69) is 21.2 Å². The van der Waals surface area contributed by atoms with Gasteiger partial charge >= 0.3 is 0 Å². The van der Waals surface area contributed by atoms with Crippen LogP contribution in [-0.2, 0) is 16.8 Å². The van der Waals surface area contributed by atoms with E-state index in [9.17, 15) is 4.79 Å². The summed E-state index contributed by atoms with van der Waals surface area (Å²) in [5.74, 6) is -0.0122. The van der Waals surface area contributed by atoms with Gasteiger partial charge in [0.2, 0.25) is 5.91 Å². The molecule has 1 amide bonds. The van der Waals surface area contributed by atoms with Crippen LogP contribution in [0.5, 0.6) is 0 Å². The summed E-state index contributed by atoms with van der Waals surface area (Å²) in [6.07, 6.45) is 0.346. The standard InChI is InChI=1S/C17H17BrClNO/c1-17(2,13-7-9-14(19)10-8-13)20-16(21)11-12-5-3-4-6-15(12)18/h3-10H,11H2,1-2H3,(H,20,21). The number of amides is 1. The van der Waals surface area contributed by atoms with Crippen LogP contribution in [0.1, 0.15) is 25.0 Å². The summed E-state index contributed by atoms with van der Waals surface area (Å²) in [7, 11) is 0. The fourth-order valence-corrected chi connectivity index (χ4v) is 2.70. The lowest BCUT2D eigenvalue weighted by Gasteiger charge is -2.27. The second-order valence-corrected chi connectivity index (χ2v) is 6.74. The molecule has 21 heavy (non-hydrogen) atoms. The van der Waals surface area contributed by atoms with Gasteiger partial charge in [0, 0.05) is 9.50 Å². The van der Waals surface area contributed by atoms with E-state index >= 15 is 0 Å². The van der Waals surface area contributed by atoms with E-state index in [1.807, 2.05) is 62.4 Å². The Bertz CT molecular complexity index is 637. The van der Waals surface area contributed by atoms with Crippen LogP contribution in [-0.4, -0.2) is 5.91 Å². The second kappa shape index (κ2) is 6.63. The Morgan fingerprint density at radius 2 is 1.76 bits per heavy atom. The number of carbonyl (C=O) groups is 1. The molecular formula is C17H17BrClNO. The molecule has 0 saturated carbocycles. The van der Waals surface area contributed by atoms with Crippen LogP contribution in [0.15, 0.2) is 53.0 Å². The third-order valence-corrected chi connectivity index (χ3v) is 4.35. The van der Waals surface area contributed by atoms with Crippen LogP contribution < -0.4 is 5.32 Å². The topological polar surface area (TPSA) is 29.1 Å². The minimum Gasteiger partial charge on any atom is -0.347 e. The first-order valence-electron chi connectivity index (χ1n) is 6.69.